The number of nitrogens with zero attached hydrogens (tertiary/aromatic N) is 7. The van der Waals surface area contributed by atoms with Gasteiger partial charge in [-0.2, -0.15) is 15.5 Å². The Morgan fingerprint density at radius 2 is 1.79 bits per heavy atom. The highest BCUT2D eigenvalue weighted by Crippen LogP contribution is 2.34. The third-order valence-corrected chi connectivity index (χ3v) is 7.70. The minimum absolute atomic E-state index is 0.104. The zero-order valence-corrected chi connectivity index (χ0v) is 21.2. The monoisotopic (exact) mass is 523 g/mol. The number of carbonyl (C=O) groups is 2. The van der Waals surface area contributed by atoms with Crippen LogP contribution in [0.2, 0.25) is 0 Å². The molecule has 4 aromatic rings. The molecular weight excluding hydrogens is 497 g/mol. The van der Waals surface area contributed by atoms with E-state index < -0.39 is 0 Å². The molecule has 0 aliphatic carbocycles. The summed E-state index contributed by atoms with van der Waals surface area (Å²) >= 11 is 0. The van der Waals surface area contributed by atoms with Gasteiger partial charge in [-0.3, -0.25) is 14.3 Å². The number of hydrogen-bond donors (Lipinski definition) is 0. The van der Waals surface area contributed by atoms with Crippen LogP contribution in [-0.2, 0) is 9.59 Å². The Labute approximate surface area is 224 Å². The van der Waals surface area contributed by atoms with E-state index in [1.807, 2.05) is 28.0 Å². The zero-order chi connectivity index (χ0) is 27.1. The maximum atomic E-state index is 14.8. The molecule has 5 heterocycles. The zero-order valence-electron chi connectivity index (χ0n) is 21.2. The van der Waals surface area contributed by atoms with Gasteiger partial charge >= 0.3 is 0 Å². The molecule has 0 spiro atoms. The summed E-state index contributed by atoms with van der Waals surface area (Å²) in [5, 5.41) is 18.5. The van der Waals surface area contributed by atoms with Crippen molar-refractivity contribution in [3.8, 4) is 28.3 Å². The van der Waals surface area contributed by atoms with Gasteiger partial charge in [-0.25, -0.2) is 8.91 Å². The Bertz CT molecular complexity index is 1630. The van der Waals surface area contributed by atoms with E-state index >= 15 is 0 Å². The van der Waals surface area contributed by atoms with Gasteiger partial charge in [0, 0.05) is 60.8 Å². The number of nitriles is 1. The highest BCUT2D eigenvalue weighted by molar-refractivity contribution is 5.90. The lowest BCUT2D eigenvalue weighted by molar-refractivity contribution is -0.147. The standard InChI is InChI=1S/C29H26FN7O2/c1-2-27(38)35-15-22(16-35)29(39)34-9-7-23(8-10-34)36-18-21(14-32-36)19-11-25(24-5-3-4-6-26(24)30)28-20(12-31)13-33-37(28)17-19/h2-6,11,13-14,17-18,22-23H,1,7-10,15-16H2. The average Bonchev–Trinajstić information content (AvgIpc) is 3.59. The minimum Gasteiger partial charge on any atom is -0.342 e. The van der Waals surface area contributed by atoms with Crippen LogP contribution in [0.5, 0.6) is 0 Å². The number of likely N-dealkylation sites (tertiary alicyclic amines) is 2. The van der Waals surface area contributed by atoms with Crippen LogP contribution < -0.4 is 0 Å². The smallest absolute Gasteiger partial charge is 0.246 e. The molecule has 2 amide bonds. The molecule has 10 heteroatoms. The third-order valence-electron chi connectivity index (χ3n) is 7.70. The Kier molecular flexibility index (Phi) is 6.19. The summed E-state index contributed by atoms with van der Waals surface area (Å²) in [6.45, 7) is 5.68. The van der Waals surface area contributed by atoms with E-state index in [-0.39, 0.29) is 29.6 Å². The minimum atomic E-state index is -0.374. The predicted octanol–water partition coefficient (Wildman–Crippen LogP) is 3.68. The Hall–Kier alpha value is -4.78. The molecule has 2 aliphatic rings. The number of rotatable bonds is 5. The summed E-state index contributed by atoms with van der Waals surface area (Å²) in [5.41, 5.74) is 3.56. The number of hydrogen-bond acceptors (Lipinski definition) is 5. The highest BCUT2D eigenvalue weighted by atomic mass is 19.1. The van der Waals surface area contributed by atoms with Gasteiger partial charge in [0.15, 0.2) is 0 Å². The molecule has 3 aromatic heterocycles. The van der Waals surface area contributed by atoms with Crippen molar-refractivity contribution in [2.45, 2.75) is 18.9 Å². The Morgan fingerprint density at radius 1 is 1.03 bits per heavy atom. The summed E-state index contributed by atoms with van der Waals surface area (Å²) in [7, 11) is 0. The number of pyridine rings is 1. The molecule has 0 bridgehead atoms. The second-order valence-corrected chi connectivity index (χ2v) is 10.00. The molecule has 0 N–H and O–H groups in total. The molecule has 2 saturated heterocycles. The molecule has 6 rings (SSSR count). The van der Waals surface area contributed by atoms with E-state index in [0.717, 1.165) is 24.0 Å². The summed E-state index contributed by atoms with van der Waals surface area (Å²) in [5.74, 6) is -0.539. The maximum absolute atomic E-state index is 14.8. The van der Waals surface area contributed by atoms with Gasteiger partial charge in [0.25, 0.3) is 0 Å². The van der Waals surface area contributed by atoms with Gasteiger partial charge in [0.05, 0.1) is 35.4 Å². The fraction of sp³-hybridized carbons (Fsp3) is 0.276. The lowest BCUT2D eigenvalue weighted by Crippen LogP contribution is -2.57. The number of benzene rings is 1. The highest BCUT2D eigenvalue weighted by Gasteiger charge is 2.38. The molecule has 0 unspecified atom stereocenters. The van der Waals surface area contributed by atoms with Crippen LogP contribution in [0.1, 0.15) is 24.4 Å². The number of halogens is 1. The average molecular weight is 524 g/mol. The molecule has 1 aromatic carbocycles. The molecular formula is C29H26FN7O2. The van der Waals surface area contributed by atoms with E-state index in [9.17, 15) is 19.2 Å². The normalized spacial score (nSPS) is 16.2. The molecule has 9 nitrogen and oxygen atoms in total. The number of carbonyl (C=O) groups excluding carboxylic acids is 2. The van der Waals surface area contributed by atoms with E-state index in [0.29, 0.717) is 48.4 Å². The SMILES string of the molecule is C=CC(=O)N1CC(C(=O)N2CCC(n3cc(-c4cc(-c5ccccc5F)c5c(C#N)cnn5c4)cn3)CC2)C1. The summed E-state index contributed by atoms with van der Waals surface area (Å²) in [4.78, 5) is 28.0. The van der Waals surface area contributed by atoms with Crippen LogP contribution in [0.25, 0.3) is 27.8 Å². The summed E-state index contributed by atoms with van der Waals surface area (Å²) < 4.78 is 18.3. The maximum Gasteiger partial charge on any atom is 0.246 e. The third kappa shape index (κ3) is 4.36. The first-order valence-electron chi connectivity index (χ1n) is 12.9. The van der Waals surface area contributed by atoms with Gasteiger partial charge in [-0.15, -0.1) is 0 Å². The second-order valence-electron chi connectivity index (χ2n) is 10.00. The van der Waals surface area contributed by atoms with Crippen molar-refractivity contribution in [3.05, 3.63) is 79.2 Å². The van der Waals surface area contributed by atoms with Gasteiger partial charge < -0.3 is 9.80 Å². The van der Waals surface area contributed by atoms with Crippen molar-refractivity contribution in [2.24, 2.45) is 5.92 Å². The molecule has 196 valence electrons. The van der Waals surface area contributed by atoms with Crippen LogP contribution in [0.3, 0.4) is 0 Å². The molecule has 2 aliphatic heterocycles. The van der Waals surface area contributed by atoms with E-state index in [1.165, 1.54) is 18.3 Å². The Balaban J connectivity index is 1.20. The van der Waals surface area contributed by atoms with Crippen LogP contribution in [0.15, 0.2) is 67.8 Å². The van der Waals surface area contributed by atoms with E-state index in [4.69, 9.17) is 0 Å². The van der Waals surface area contributed by atoms with Crippen LogP contribution in [-0.4, -0.2) is 67.2 Å². The first-order valence-corrected chi connectivity index (χ1v) is 12.9. The lowest BCUT2D eigenvalue weighted by Gasteiger charge is -2.41. The fourth-order valence-corrected chi connectivity index (χ4v) is 5.49. The van der Waals surface area contributed by atoms with Crippen molar-refractivity contribution in [1.82, 2.24) is 29.2 Å². The number of piperidine rings is 1. The van der Waals surface area contributed by atoms with Gasteiger partial charge in [0.1, 0.15) is 11.9 Å². The summed E-state index contributed by atoms with van der Waals surface area (Å²) in [6, 6.07) is 10.7. The van der Waals surface area contributed by atoms with Crippen molar-refractivity contribution >= 4 is 17.3 Å². The summed E-state index contributed by atoms with van der Waals surface area (Å²) in [6.07, 6.45) is 9.88. The Morgan fingerprint density at radius 3 is 2.51 bits per heavy atom. The predicted molar refractivity (Wildman–Crippen MR) is 142 cm³/mol. The number of amides is 2. The lowest BCUT2D eigenvalue weighted by atomic mass is 9.96. The van der Waals surface area contributed by atoms with Crippen molar-refractivity contribution in [1.29, 1.82) is 5.26 Å². The quantitative estimate of drug-likeness (QED) is 0.372. The molecule has 0 radical (unpaired) electrons. The molecule has 0 saturated carbocycles. The molecule has 39 heavy (non-hydrogen) atoms. The van der Waals surface area contributed by atoms with Gasteiger partial charge in [-0.05, 0) is 31.1 Å². The van der Waals surface area contributed by atoms with Crippen molar-refractivity contribution < 1.29 is 14.0 Å². The van der Waals surface area contributed by atoms with Gasteiger partial charge in [0.2, 0.25) is 11.8 Å². The van der Waals surface area contributed by atoms with Crippen molar-refractivity contribution in [2.75, 3.05) is 26.2 Å². The van der Waals surface area contributed by atoms with Crippen LogP contribution in [0.4, 0.5) is 4.39 Å². The molecule has 2 fully saturated rings. The molecule has 0 atom stereocenters. The largest absolute Gasteiger partial charge is 0.342 e. The van der Waals surface area contributed by atoms with E-state index in [1.54, 1.807) is 33.8 Å². The van der Waals surface area contributed by atoms with Crippen molar-refractivity contribution in [3.63, 3.8) is 0 Å². The van der Waals surface area contributed by atoms with Crippen LogP contribution >= 0.6 is 0 Å². The first kappa shape index (κ1) is 24.6. The topological polar surface area (TPSA) is 99.5 Å². The number of fused-ring (bicyclic) bond motifs is 1. The second kappa shape index (κ2) is 9.83. The number of aromatic nitrogens is 4. The first-order chi connectivity index (χ1) is 19.0. The van der Waals surface area contributed by atoms with E-state index in [2.05, 4.69) is 22.8 Å². The van der Waals surface area contributed by atoms with Gasteiger partial charge in [-0.1, -0.05) is 24.8 Å². The van der Waals surface area contributed by atoms with Crippen LogP contribution in [0, 0.1) is 23.1 Å². The fourth-order valence-electron chi connectivity index (χ4n) is 5.49.